The van der Waals surface area contributed by atoms with E-state index in [-0.39, 0.29) is 5.54 Å². The Morgan fingerprint density at radius 2 is 1.92 bits per heavy atom. The van der Waals surface area contributed by atoms with Crippen LogP contribution in [0.15, 0.2) is 47.5 Å². The van der Waals surface area contributed by atoms with Crippen molar-refractivity contribution in [2.75, 3.05) is 11.4 Å². The molecule has 2 aromatic carbocycles. The van der Waals surface area contributed by atoms with Crippen molar-refractivity contribution in [3.63, 3.8) is 0 Å². The first-order chi connectivity index (χ1) is 12.4. The minimum absolute atomic E-state index is 0.0345. The van der Waals surface area contributed by atoms with E-state index in [1.807, 2.05) is 18.2 Å². The summed E-state index contributed by atoms with van der Waals surface area (Å²) in [7, 11) is 0. The van der Waals surface area contributed by atoms with Gasteiger partial charge in [0.05, 0.1) is 27.9 Å². The number of nitriles is 1. The number of fused-ring (bicyclic) bond motifs is 1. The van der Waals surface area contributed by atoms with Gasteiger partial charge in [-0.25, -0.2) is 0 Å². The molecule has 2 aromatic rings. The summed E-state index contributed by atoms with van der Waals surface area (Å²) < 4.78 is 0. The summed E-state index contributed by atoms with van der Waals surface area (Å²) in [5, 5.41) is 9.56. The molecular formula is C22H22ClN3. The van der Waals surface area contributed by atoms with E-state index >= 15 is 0 Å². The maximum Gasteiger partial charge on any atom is 0.0991 e. The third-order valence-corrected chi connectivity index (χ3v) is 5.09. The maximum atomic E-state index is 8.87. The molecule has 0 atom stereocenters. The van der Waals surface area contributed by atoms with E-state index in [9.17, 15) is 0 Å². The zero-order valence-electron chi connectivity index (χ0n) is 15.5. The Labute approximate surface area is 160 Å². The van der Waals surface area contributed by atoms with E-state index in [1.54, 1.807) is 18.3 Å². The van der Waals surface area contributed by atoms with E-state index in [0.717, 1.165) is 23.5 Å². The summed E-state index contributed by atoms with van der Waals surface area (Å²) in [6.45, 7) is 9.66. The van der Waals surface area contributed by atoms with Gasteiger partial charge in [-0.05, 0) is 69.7 Å². The number of benzene rings is 2. The number of hydrogen-bond donors (Lipinski definition) is 0. The number of halogens is 1. The summed E-state index contributed by atoms with van der Waals surface area (Å²) >= 11 is 6.56. The van der Waals surface area contributed by atoms with Gasteiger partial charge >= 0.3 is 0 Å². The molecule has 1 aliphatic heterocycles. The van der Waals surface area contributed by atoms with E-state index in [4.69, 9.17) is 16.9 Å². The van der Waals surface area contributed by atoms with Crippen molar-refractivity contribution in [1.29, 1.82) is 5.26 Å². The highest BCUT2D eigenvalue weighted by atomic mass is 35.5. The molecule has 0 saturated carbocycles. The summed E-state index contributed by atoms with van der Waals surface area (Å²) in [4.78, 5) is 6.87. The van der Waals surface area contributed by atoms with Gasteiger partial charge in [0.2, 0.25) is 0 Å². The molecule has 3 rings (SSSR count). The van der Waals surface area contributed by atoms with Gasteiger partial charge in [0.25, 0.3) is 0 Å². The first-order valence-corrected chi connectivity index (χ1v) is 9.09. The molecule has 0 bridgehead atoms. The molecule has 26 heavy (non-hydrogen) atoms. The lowest BCUT2D eigenvalue weighted by atomic mass is 9.88. The smallest absolute Gasteiger partial charge is 0.0991 e. The maximum absolute atomic E-state index is 8.87. The van der Waals surface area contributed by atoms with Gasteiger partial charge in [0.1, 0.15) is 0 Å². The minimum Gasteiger partial charge on any atom is -0.363 e. The van der Waals surface area contributed by atoms with Gasteiger partial charge in [-0.15, -0.1) is 0 Å². The predicted molar refractivity (Wildman–Crippen MR) is 111 cm³/mol. The predicted octanol–water partition coefficient (Wildman–Crippen LogP) is 5.98. The molecule has 0 spiro atoms. The molecule has 0 radical (unpaired) electrons. The van der Waals surface area contributed by atoms with Crippen molar-refractivity contribution >= 4 is 34.8 Å². The highest BCUT2D eigenvalue weighted by Crippen LogP contribution is 2.41. The summed E-state index contributed by atoms with van der Waals surface area (Å²) in [5.41, 5.74) is 5.88. The van der Waals surface area contributed by atoms with Crippen LogP contribution in [0.25, 0.3) is 5.57 Å². The molecule has 0 aromatic heterocycles. The molecule has 1 aliphatic rings. The first kappa shape index (κ1) is 18.2. The Balaban J connectivity index is 1.99. The lowest BCUT2D eigenvalue weighted by Crippen LogP contribution is -2.44. The zero-order chi connectivity index (χ0) is 18.9. The average Bonchev–Trinajstić information content (AvgIpc) is 2.60. The van der Waals surface area contributed by atoms with Crippen LogP contribution in [0.2, 0.25) is 5.02 Å². The first-order valence-electron chi connectivity index (χ1n) is 8.71. The van der Waals surface area contributed by atoms with Crippen LogP contribution in [0.5, 0.6) is 0 Å². The summed E-state index contributed by atoms with van der Waals surface area (Å²) in [5.74, 6) is 0. The molecule has 0 amide bonds. The molecule has 0 saturated heterocycles. The molecule has 3 nitrogen and oxygen atoms in total. The number of rotatable bonds is 3. The molecule has 1 heterocycles. The molecule has 132 valence electrons. The Bertz CT molecular complexity index is 931. The summed E-state index contributed by atoms with van der Waals surface area (Å²) in [6, 6.07) is 13.4. The zero-order valence-corrected chi connectivity index (χ0v) is 16.3. The van der Waals surface area contributed by atoms with E-state index in [0.29, 0.717) is 10.6 Å². The molecule has 0 unspecified atom stereocenters. The van der Waals surface area contributed by atoms with Gasteiger partial charge in [0.15, 0.2) is 0 Å². The van der Waals surface area contributed by atoms with Crippen LogP contribution < -0.4 is 4.90 Å². The highest BCUT2D eigenvalue weighted by Gasteiger charge is 2.30. The third-order valence-electron chi connectivity index (χ3n) is 4.76. The second-order valence-electron chi connectivity index (χ2n) is 7.03. The second-order valence-corrected chi connectivity index (χ2v) is 7.44. The van der Waals surface area contributed by atoms with Crippen LogP contribution in [0.3, 0.4) is 0 Å². The minimum atomic E-state index is -0.0345. The van der Waals surface area contributed by atoms with Crippen molar-refractivity contribution in [2.24, 2.45) is 4.99 Å². The number of nitrogens with zero attached hydrogens (tertiary/aromatic N) is 3. The van der Waals surface area contributed by atoms with E-state index < -0.39 is 0 Å². The Morgan fingerprint density at radius 3 is 2.54 bits per heavy atom. The molecule has 0 fully saturated rings. The fourth-order valence-electron chi connectivity index (χ4n) is 3.56. The van der Waals surface area contributed by atoms with Crippen molar-refractivity contribution < 1.29 is 0 Å². The number of aliphatic imine (C=N–C) groups is 1. The van der Waals surface area contributed by atoms with Crippen LogP contribution in [0.1, 0.15) is 44.4 Å². The molecule has 0 aliphatic carbocycles. The third kappa shape index (κ3) is 3.38. The largest absolute Gasteiger partial charge is 0.363 e. The quantitative estimate of drug-likeness (QED) is 0.629. The highest BCUT2D eigenvalue weighted by molar-refractivity contribution is 6.33. The van der Waals surface area contributed by atoms with Gasteiger partial charge in [-0.2, -0.15) is 5.26 Å². The number of likely N-dealkylation sites (N-methyl/N-ethyl adjacent to an activating group) is 1. The normalized spacial score (nSPS) is 15.5. The van der Waals surface area contributed by atoms with Crippen molar-refractivity contribution in [3.8, 4) is 6.07 Å². The Hall–Kier alpha value is -2.57. The van der Waals surface area contributed by atoms with Crippen LogP contribution in [0, 0.1) is 11.3 Å². The average molecular weight is 364 g/mol. The van der Waals surface area contributed by atoms with Crippen molar-refractivity contribution in [1.82, 2.24) is 0 Å². The van der Waals surface area contributed by atoms with Gasteiger partial charge in [-0.1, -0.05) is 17.7 Å². The lowest BCUT2D eigenvalue weighted by molar-refractivity contribution is 0.566. The standard InChI is InChI=1S/C22H22ClN3/c1-5-26-21-11-20(23)17(10-19(21)15(2)12-22(26,3)4)14-25-18-8-6-16(13-24)7-9-18/h6-12,14H,5H2,1-4H3. The number of hydrogen-bond acceptors (Lipinski definition) is 3. The Morgan fingerprint density at radius 1 is 1.23 bits per heavy atom. The monoisotopic (exact) mass is 363 g/mol. The van der Waals surface area contributed by atoms with Gasteiger partial charge in [0, 0.05) is 29.6 Å². The Kier molecular flexibility index (Phi) is 4.89. The van der Waals surface area contributed by atoms with Crippen molar-refractivity contribution in [2.45, 2.75) is 33.2 Å². The SMILES string of the molecule is CCN1c2cc(Cl)c(C=Nc3ccc(C#N)cc3)cc2C(C)=CC1(C)C. The van der Waals surface area contributed by atoms with Crippen LogP contribution in [-0.2, 0) is 0 Å². The molecule has 0 N–H and O–H groups in total. The molecular weight excluding hydrogens is 342 g/mol. The van der Waals surface area contributed by atoms with E-state index in [1.165, 1.54) is 11.1 Å². The fraction of sp³-hybridized carbons (Fsp3) is 0.273. The lowest BCUT2D eigenvalue weighted by Gasteiger charge is -2.43. The van der Waals surface area contributed by atoms with E-state index in [2.05, 4.69) is 55.8 Å². The second kappa shape index (κ2) is 6.97. The van der Waals surface area contributed by atoms with Crippen LogP contribution in [0.4, 0.5) is 11.4 Å². The fourth-order valence-corrected chi connectivity index (χ4v) is 3.76. The van der Waals surface area contributed by atoms with Crippen molar-refractivity contribution in [3.05, 3.63) is 64.2 Å². The topological polar surface area (TPSA) is 39.4 Å². The number of allylic oxidation sites excluding steroid dienone is 1. The van der Waals surface area contributed by atoms with Gasteiger partial charge < -0.3 is 4.90 Å². The van der Waals surface area contributed by atoms with Crippen LogP contribution >= 0.6 is 11.6 Å². The summed E-state index contributed by atoms with van der Waals surface area (Å²) in [6.07, 6.45) is 4.08. The molecule has 4 heteroatoms. The van der Waals surface area contributed by atoms with Gasteiger partial charge in [-0.3, -0.25) is 4.99 Å². The number of anilines is 1. The van der Waals surface area contributed by atoms with Crippen LogP contribution in [-0.4, -0.2) is 18.3 Å².